The largest absolute Gasteiger partial charge is 0.487 e. The van der Waals surface area contributed by atoms with Gasteiger partial charge >= 0.3 is 5.97 Å². The van der Waals surface area contributed by atoms with Crippen LogP contribution in [0.15, 0.2) is 53.1 Å². The van der Waals surface area contributed by atoms with E-state index in [2.05, 4.69) is 20.9 Å². The zero-order chi connectivity index (χ0) is 14.4. The van der Waals surface area contributed by atoms with Crippen LogP contribution in [-0.2, 0) is 11.4 Å². The van der Waals surface area contributed by atoms with Gasteiger partial charge < -0.3 is 9.84 Å². The molecule has 1 aromatic carbocycles. The molecule has 0 atom stereocenters. The van der Waals surface area contributed by atoms with Crippen molar-refractivity contribution in [2.45, 2.75) is 6.61 Å². The van der Waals surface area contributed by atoms with E-state index in [1.807, 2.05) is 24.3 Å². The summed E-state index contributed by atoms with van der Waals surface area (Å²) in [6.07, 6.45) is 4.05. The van der Waals surface area contributed by atoms with Gasteiger partial charge in [-0.15, -0.1) is 0 Å². The summed E-state index contributed by atoms with van der Waals surface area (Å²) in [6.45, 7) is 0.458. The van der Waals surface area contributed by atoms with Crippen molar-refractivity contribution >= 4 is 28.0 Å². The molecule has 0 bridgehead atoms. The smallest absolute Gasteiger partial charge is 0.328 e. The molecule has 4 nitrogen and oxygen atoms in total. The molecule has 0 aliphatic rings. The molecule has 0 aliphatic carbocycles. The van der Waals surface area contributed by atoms with Crippen molar-refractivity contribution in [1.29, 1.82) is 0 Å². The molecule has 0 spiro atoms. The Morgan fingerprint density at radius 1 is 1.25 bits per heavy atom. The molecule has 1 aromatic heterocycles. The van der Waals surface area contributed by atoms with Crippen molar-refractivity contribution < 1.29 is 14.6 Å². The van der Waals surface area contributed by atoms with Gasteiger partial charge in [-0.2, -0.15) is 0 Å². The monoisotopic (exact) mass is 333 g/mol. The number of aliphatic carboxylic acids is 1. The Hall–Kier alpha value is -2.14. The van der Waals surface area contributed by atoms with Gasteiger partial charge in [0.05, 0.1) is 11.9 Å². The predicted molar refractivity (Wildman–Crippen MR) is 79.4 cm³/mol. The second-order valence-electron chi connectivity index (χ2n) is 4.01. The van der Waals surface area contributed by atoms with Gasteiger partial charge in [-0.05, 0) is 35.9 Å². The predicted octanol–water partition coefficient (Wildman–Crippen LogP) is 3.52. The summed E-state index contributed by atoms with van der Waals surface area (Å²) in [4.78, 5) is 14.5. The summed E-state index contributed by atoms with van der Waals surface area (Å²) in [5, 5.41) is 8.52. The Morgan fingerprint density at radius 2 is 2.00 bits per heavy atom. The van der Waals surface area contributed by atoms with E-state index in [1.54, 1.807) is 18.3 Å². The van der Waals surface area contributed by atoms with E-state index in [1.165, 1.54) is 6.08 Å². The molecule has 0 aliphatic heterocycles. The van der Waals surface area contributed by atoms with E-state index in [4.69, 9.17) is 9.84 Å². The van der Waals surface area contributed by atoms with Crippen LogP contribution >= 0.6 is 15.9 Å². The molecule has 2 aromatic rings. The lowest BCUT2D eigenvalue weighted by Crippen LogP contribution is -1.96. The highest BCUT2D eigenvalue weighted by atomic mass is 79.9. The van der Waals surface area contributed by atoms with E-state index < -0.39 is 5.97 Å². The van der Waals surface area contributed by atoms with Crippen LogP contribution in [0.2, 0.25) is 0 Å². The average Bonchev–Trinajstić information content (AvgIpc) is 2.45. The van der Waals surface area contributed by atoms with Gasteiger partial charge in [0.15, 0.2) is 0 Å². The van der Waals surface area contributed by atoms with Gasteiger partial charge in [-0.3, -0.25) is 4.98 Å². The number of hydrogen-bond donors (Lipinski definition) is 1. The van der Waals surface area contributed by atoms with E-state index in [0.717, 1.165) is 16.1 Å². The van der Waals surface area contributed by atoms with Gasteiger partial charge in [0.1, 0.15) is 12.4 Å². The molecule has 0 saturated carbocycles. The van der Waals surface area contributed by atoms with Gasteiger partial charge in [0.2, 0.25) is 0 Å². The summed E-state index contributed by atoms with van der Waals surface area (Å²) >= 11 is 3.38. The molecular weight excluding hydrogens is 322 g/mol. The summed E-state index contributed by atoms with van der Waals surface area (Å²) in [5.41, 5.74) is 1.63. The van der Waals surface area contributed by atoms with Crippen molar-refractivity contribution in [1.82, 2.24) is 4.98 Å². The van der Waals surface area contributed by atoms with Crippen LogP contribution in [0.5, 0.6) is 5.75 Å². The number of hydrogen-bond acceptors (Lipinski definition) is 3. The van der Waals surface area contributed by atoms with Gasteiger partial charge in [-0.25, -0.2) is 4.79 Å². The van der Waals surface area contributed by atoms with Crippen LogP contribution in [0.3, 0.4) is 0 Å². The van der Waals surface area contributed by atoms with Crippen molar-refractivity contribution in [3.63, 3.8) is 0 Å². The second-order valence-corrected chi connectivity index (χ2v) is 4.92. The average molecular weight is 334 g/mol. The minimum atomic E-state index is -0.998. The van der Waals surface area contributed by atoms with Crippen molar-refractivity contribution in [3.8, 4) is 5.75 Å². The first-order valence-corrected chi connectivity index (χ1v) is 6.67. The number of carbonyl (C=O) groups is 1. The number of rotatable bonds is 5. The second kappa shape index (κ2) is 6.86. The van der Waals surface area contributed by atoms with Crippen LogP contribution in [0, 0.1) is 0 Å². The fourth-order valence-corrected chi connectivity index (χ4v) is 1.74. The zero-order valence-corrected chi connectivity index (χ0v) is 12.1. The fourth-order valence-electron chi connectivity index (χ4n) is 1.48. The van der Waals surface area contributed by atoms with E-state index in [-0.39, 0.29) is 0 Å². The van der Waals surface area contributed by atoms with Crippen LogP contribution in [0.1, 0.15) is 11.3 Å². The lowest BCUT2D eigenvalue weighted by molar-refractivity contribution is -0.131. The summed E-state index contributed by atoms with van der Waals surface area (Å²) in [6, 6.07) is 11.3. The third-order valence-corrected chi connectivity index (χ3v) is 3.00. The maximum atomic E-state index is 10.4. The molecule has 20 heavy (non-hydrogen) atoms. The topological polar surface area (TPSA) is 59.4 Å². The third kappa shape index (κ3) is 4.51. The lowest BCUT2D eigenvalue weighted by Gasteiger charge is -2.06. The number of nitrogens with zero attached hydrogens (tertiary/aromatic N) is 1. The molecule has 0 saturated heterocycles. The fraction of sp³-hybridized carbons (Fsp3) is 0.0667. The van der Waals surface area contributed by atoms with Crippen LogP contribution < -0.4 is 4.74 Å². The molecule has 0 unspecified atom stereocenters. The standard InChI is InChI=1S/C15H12BrNO3/c16-12-3-1-11(2-4-12)10-20-14-7-5-13(17-9-14)6-8-15(18)19/h1-9H,10H2,(H,18,19). The summed E-state index contributed by atoms with van der Waals surface area (Å²) in [7, 11) is 0. The first-order chi connectivity index (χ1) is 9.63. The Morgan fingerprint density at radius 3 is 2.60 bits per heavy atom. The maximum absolute atomic E-state index is 10.4. The minimum Gasteiger partial charge on any atom is -0.487 e. The van der Waals surface area contributed by atoms with E-state index >= 15 is 0 Å². The molecule has 1 N–H and O–H groups in total. The van der Waals surface area contributed by atoms with Gasteiger partial charge in [0.25, 0.3) is 0 Å². The lowest BCUT2D eigenvalue weighted by atomic mass is 10.2. The number of aromatic nitrogens is 1. The maximum Gasteiger partial charge on any atom is 0.328 e. The van der Waals surface area contributed by atoms with Gasteiger partial charge in [0, 0.05) is 10.5 Å². The minimum absolute atomic E-state index is 0.458. The van der Waals surface area contributed by atoms with E-state index in [9.17, 15) is 4.79 Å². The number of benzene rings is 1. The third-order valence-electron chi connectivity index (χ3n) is 2.47. The number of carboxylic acids is 1. The number of halogens is 1. The molecule has 102 valence electrons. The van der Waals surface area contributed by atoms with Crippen LogP contribution in [-0.4, -0.2) is 16.1 Å². The molecule has 2 rings (SSSR count). The first-order valence-electron chi connectivity index (χ1n) is 5.88. The quantitative estimate of drug-likeness (QED) is 0.850. The number of ether oxygens (including phenoxy) is 1. The van der Waals surface area contributed by atoms with Crippen LogP contribution in [0.4, 0.5) is 0 Å². The van der Waals surface area contributed by atoms with Crippen molar-refractivity contribution in [3.05, 3.63) is 64.4 Å². The highest BCUT2D eigenvalue weighted by Crippen LogP contribution is 2.14. The molecule has 5 heteroatoms. The van der Waals surface area contributed by atoms with Gasteiger partial charge in [-0.1, -0.05) is 28.1 Å². The normalized spacial score (nSPS) is 10.7. The molecule has 1 heterocycles. The number of carboxylic acid groups (broad SMARTS) is 1. The first kappa shape index (κ1) is 14.3. The van der Waals surface area contributed by atoms with Crippen molar-refractivity contribution in [2.24, 2.45) is 0 Å². The summed E-state index contributed by atoms with van der Waals surface area (Å²) in [5.74, 6) is -0.359. The Labute approximate surface area is 124 Å². The Balaban J connectivity index is 1.93. The molecule has 0 fully saturated rings. The highest BCUT2D eigenvalue weighted by Gasteiger charge is 1.97. The molecular formula is C15H12BrNO3. The Bertz CT molecular complexity index is 606. The molecule has 0 amide bonds. The van der Waals surface area contributed by atoms with Crippen LogP contribution in [0.25, 0.3) is 6.08 Å². The SMILES string of the molecule is O=C(O)C=Cc1ccc(OCc2ccc(Br)cc2)cn1. The molecule has 0 radical (unpaired) electrons. The van der Waals surface area contributed by atoms with E-state index in [0.29, 0.717) is 18.1 Å². The van der Waals surface area contributed by atoms with Crippen molar-refractivity contribution in [2.75, 3.05) is 0 Å². The highest BCUT2D eigenvalue weighted by molar-refractivity contribution is 9.10. The Kier molecular flexibility index (Phi) is 4.90. The summed E-state index contributed by atoms with van der Waals surface area (Å²) < 4.78 is 6.62. The zero-order valence-electron chi connectivity index (χ0n) is 10.5. The number of pyridine rings is 1.